The number of sulfone groups is 1. The second-order valence-electron chi connectivity index (χ2n) is 6.25. The molecule has 8 heteroatoms. The number of benzene rings is 2. The van der Waals surface area contributed by atoms with E-state index in [4.69, 9.17) is 9.47 Å². The first kappa shape index (κ1) is 19.5. The van der Waals surface area contributed by atoms with Crippen LogP contribution >= 0.6 is 15.9 Å². The van der Waals surface area contributed by atoms with E-state index in [2.05, 4.69) is 25.9 Å². The molecule has 0 unspecified atom stereocenters. The maximum Gasteiger partial charge on any atom is 0.208 e. The highest BCUT2D eigenvalue weighted by atomic mass is 79.9. The van der Waals surface area contributed by atoms with E-state index in [0.29, 0.717) is 38.1 Å². The molecule has 4 rings (SSSR count). The fraction of sp³-hybridized carbons (Fsp3) is 0.0952. The number of hydrogen-bond acceptors (Lipinski definition) is 5. The van der Waals surface area contributed by atoms with Crippen LogP contribution in [0.4, 0.5) is 0 Å². The SMILES string of the molecule is COc1ccc(-c2cnc3[nH]cc(Br)c3c2S(=O)(=O)c2ccccc2)cc1OC. The topological polar surface area (TPSA) is 81.3 Å². The first-order chi connectivity index (χ1) is 14.0. The summed E-state index contributed by atoms with van der Waals surface area (Å²) in [6, 6.07) is 13.6. The Hall–Kier alpha value is -2.84. The summed E-state index contributed by atoms with van der Waals surface area (Å²) in [5.41, 5.74) is 1.61. The lowest BCUT2D eigenvalue weighted by atomic mass is 10.1. The van der Waals surface area contributed by atoms with E-state index in [1.807, 2.05) is 0 Å². The quantitative estimate of drug-likeness (QED) is 0.449. The molecule has 0 spiro atoms. The molecule has 6 nitrogen and oxygen atoms in total. The maximum absolute atomic E-state index is 13.7. The second kappa shape index (κ2) is 7.53. The Labute approximate surface area is 176 Å². The van der Waals surface area contributed by atoms with Gasteiger partial charge in [0, 0.05) is 22.4 Å². The molecule has 0 aliphatic heterocycles. The van der Waals surface area contributed by atoms with E-state index < -0.39 is 9.84 Å². The van der Waals surface area contributed by atoms with Gasteiger partial charge in [-0.25, -0.2) is 13.4 Å². The van der Waals surface area contributed by atoms with Crippen LogP contribution in [0.5, 0.6) is 11.5 Å². The molecule has 0 saturated carbocycles. The smallest absolute Gasteiger partial charge is 0.208 e. The van der Waals surface area contributed by atoms with E-state index >= 15 is 0 Å². The number of H-pyrrole nitrogens is 1. The molecule has 0 fully saturated rings. The summed E-state index contributed by atoms with van der Waals surface area (Å²) in [7, 11) is -0.750. The van der Waals surface area contributed by atoms with E-state index in [-0.39, 0.29) is 9.79 Å². The zero-order chi connectivity index (χ0) is 20.6. The van der Waals surface area contributed by atoms with Gasteiger partial charge in [0.15, 0.2) is 11.5 Å². The highest BCUT2D eigenvalue weighted by Gasteiger charge is 2.27. The molecule has 0 aliphatic rings. The Morgan fingerprint density at radius 1 is 1.00 bits per heavy atom. The first-order valence-corrected chi connectivity index (χ1v) is 10.9. The van der Waals surface area contributed by atoms with Gasteiger partial charge in [-0.1, -0.05) is 24.3 Å². The zero-order valence-electron chi connectivity index (χ0n) is 15.6. The van der Waals surface area contributed by atoms with Crippen molar-refractivity contribution in [1.82, 2.24) is 9.97 Å². The van der Waals surface area contributed by atoms with Crippen molar-refractivity contribution in [1.29, 1.82) is 0 Å². The van der Waals surface area contributed by atoms with Crippen LogP contribution in [0.1, 0.15) is 0 Å². The molecule has 2 aromatic heterocycles. The summed E-state index contributed by atoms with van der Waals surface area (Å²) in [5.74, 6) is 1.06. The molecule has 0 atom stereocenters. The lowest BCUT2D eigenvalue weighted by Crippen LogP contribution is -2.06. The molecule has 1 N–H and O–H groups in total. The monoisotopic (exact) mass is 472 g/mol. The van der Waals surface area contributed by atoms with Crippen molar-refractivity contribution in [3.05, 3.63) is 65.4 Å². The summed E-state index contributed by atoms with van der Waals surface area (Å²) in [6.45, 7) is 0. The lowest BCUT2D eigenvalue weighted by Gasteiger charge is -2.14. The van der Waals surface area contributed by atoms with Crippen LogP contribution in [0, 0.1) is 0 Å². The Kier molecular flexibility index (Phi) is 5.06. The third-order valence-electron chi connectivity index (χ3n) is 4.62. The number of methoxy groups -OCH3 is 2. The van der Waals surface area contributed by atoms with E-state index in [0.717, 1.165) is 0 Å². The molecule has 0 radical (unpaired) electrons. The molecule has 0 aliphatic carbocycles. The van der Waals surface area contributed by atoms with Gasteiger partial charge in [-0.2, -0.15) is 0 Å². The molecule has 4 aromatic rings. The molecule has 0 amide bonds. The van der Waals surface area contributed by atoms with Gasteiger partial charge in [0.05, 0.1) is 29.4 Å². The summed E-state index contributed by atoms with van der Waals surface area (Å²) >= 11 is 3.46. The van der Waals surface area contributed by atoms with E-state index in [1.165, 1.54) is 7.11 Å². The van der Waals surface area contributed by atoms with Gasteiger partial charge < -0.3 is 14.5 Å². The minimum absolute atomic E-state index is 0.175. The number of hydrogen-bond donors (Lipinski definition) is 1. The van der Waals surface area contributed by atoms with Crippen LogP contribution < -0.4 is 9.47 Å². The van der Waals surface area contributed by atoms with Crippen molar-refractivity contribution in [2.24, 2.45) is 0 Å². The highest BCUT2D eigenvalue weighted by Crippen LogP contribution is 2.41. The fourth-order valence-electron chi connectivity index (χ4n) is 3.24. The normalized spacial score (nSPS) is 11.6. The molecule has 2 heterocycles. The van der Waals surface area contributed by atoms with Gasteiger partial charge in [-0.3, -0.25) is 0 Å². The van der Waals surface area contributed by atoms with Gasteiger partial charge in [0.1, 0.15) is 5.65 Å². The first-order valence-electron chi connectivity index (χ1n) is 8.65. The Morgan fingerprint density at radius 2 is 1.72 bits per heavy atom. The number of halogens is 1. The lowest BCUT2D eigenvalue weighted by molar-refractivity contribution is 0.355. The fourth-order valence-corrected chi connectivity index (χ4v) is 5.55. The van der Waals surface area contributed by atoms with Crippen molar-refractivity contribution in [3.63, 3.8) is 0 Å². The molecule has 0 saturated heterocycles. The average molecular weight is 473 g/mol. The maximum atomic E-state index is 13.7. The molecule has 2 aromatic carbocycles. The number of fused-ring (bicyclic) bond motifs is 1. The van der Waals surface area contributed by atoms with Crippen molar-refractivity contribution in [2.45, 2.75) is 9.79 Å². The van der Waals surface area contributed by atoms with E-state index in [9.17, 15) is 8.42 Å². The Bertz CT molecular complexity index is 1300. The second-order valence-corrected chi connectivity index (χ2v) is 8.99. The van der Waals surface area contributed by atoms with Crippen molar-refractivity contribution < 1.29 is 17.9 Å². The van der Waals surface area contributed by atoms with Gasteiger partial charge >= 0.3 is 0 Å². The zero-order valence-corrected chi connectivity index (χ0v) is 18.0. The summed E-state index contributed by atoms with van der Waals surface area (Å²) in [4.78, 5) is 7.81. The van der Waals surface area contributed by atoms with Crippen LogP contribution in [0.15, 0.2) is 75.2 Å². The number of aromatic amines is 1. The van der Waals surface area contributed by atoms with Gasteiger partial charge in [-0.15, -0.1) is 0 Å². The van der Waals surface area contributed by atoms with Crippen LogP contribution in [-0.4, -0.2) is 32.6 Å². The predicted molar refractivity (Wildman–Crippen MR) is 114 cm³/mol. The molecular weight excluding hydrogens is 456 g/mol. The predicted octanol–water partition coefficient (Wildman–Crippen LogP) is 4.84. The minimum Gasteiger partial charge on any atom is -0.493 e. The van der Waals surface area contributed by atoms with Crippen molar-refractivity contribution >= 4 is 36.8 Å². The number of nitrogens with one attached hydrogen (secondary N) is 1. The number of aromatic nitrogens is 2. The number of ether oxygens (including phenoxy) is 2. The van der Waals surface area contributed by atoms with Crippen molar-refractivity contribution in [3.8, 4) is 22.6 Å². The third-order valence-corrected chi connectivity index (χ3v) is 7.10. The van der Waals surface area contributed by atoms with Crippen LogP contribution in [0.3, 0.4) is 0 Å². The molecule has 148 valence electrons. The van der Waals surface area contributed by atoms with Crippen LogP contribution in [0.25, 0.3) is 22.2 Å². The molecule has 29 heavy (non-hydrogen) atoms. The van der Waals surface area contributed by atoms with Crippen LogP contribution in [0.2, 0.25) is 0 Å². The minimum atomic E-state index is -3.83. The van der Waals surface area contributed by atoms with Gasteiger partial charge in [0.2, 0.25) is 9.84 Å². The molecule has 0 bridgehead atoms. The van der Waals surface area contributed by atoms with Crippen molar-refractivity contribution in [2.75, 3.05) is 14.2 Å². The van der Waals surface area contributed by atoms with Gasteiger partial charge in [0.25, 0.3) is 0 Å². The molecular formula is C21H17BrN2O4S. The van der Waals surface area contributed by atoms with Crippen LogP contribution in [-0.2, 0) is 9.84 Å². The summed E-state index contributed by atoms with van der Waals surface area (Å²) in [6.07, 6.45) is 3.24. The summed E-state index contributed by atoms with van der Waals surface area (Å²) in [5, 5.41) is 0.501. The highest BCUT2D eigenvalue weighted by molar-refractivity contribution is 9.10. The standard InChI is InChI=1S/C21H17BrN2O4S/c1-27-17-9-8-13(10-18(17)28-2)15-11-23-21-19(16(22)12-24-21)20(15)29(25,26)14-6-4-3-5-7-14/h3-12H,1-2H3,(H,23,24). The third kappa shape index (κ3) is 3.28. The number of nitrogens with zero attached hydrogens (tertiary/aromatic N) is 1. The van der Waals surface area contributed by atoms with E-state index in [1.54, 1.807) is 68.0 Å². The summed E-state index contributed by atoms with van der Waals surface area (Å²) < 4.78 is 38.6. The largest absolute Gasteiger partial charge is 0.493 e. The number of pyridine rings is 1. The number of rotatable bonds is 5. The Morgan fingerprint density at radius 3 is 2.41 bits per heavy atom. The van der Waals surface area contributed by atoms with Gasteiger partial charge in [-0.05, 0) is 45.8 Å². The average Bonchev–Trinajstić information content (AvgIpc) is 3.14. The Balaban J connectivity index is 2.07.